The Balaban J connectivity index is 2.14. The molecule has 0 unspecified atom stereocenters. The van der Waals surface area contributed by atoms with Gasteiger partial charge in [-0.2, -0.15) is 5.10 Å². The molecule has 116 valence electrons. The lowest BCUT2D eigenvalue weighted by molar-refractivity contribution is -0.384. The highest BCUT2D eigenvalue weighted by molar-refractivity contribution is 6.30. The van der Waals surface area contributed by atoms with Gasteiger partial charge in [0.2, 0.25) is 5.82 Å². The fourth-order valence-electron chi connectivity index (χ4n) is 2.31. The van der Waals surface area contributed by atoms with Crippen molar-refractivity contribution < 1.29 is 4.92 Å². The van der Waals surface area contributed by atoms with Crippen molar-refractivity contribution in [2.45, 2.75) is 6.92 Å². The van der Waals surface area contributed by atoms with Crippen LogP contribution in [-0.2, 0) is 0 Å². The molecule has 6 nitrogen and oxygen atoms in total. The Hall–Kier alpha value is -2.86. The molecule has 1 N–H and O–H groups in total. The molecule has 0 spiro atoms. The highest BCUT2D eigenvalue weighted by Crippen LogP contribution is 2.33. The van der Waals surface area contributed by atoms with Crippen molar-refractivity contribution >= 4 is 28.8 Å². The van der Waals surface area contributed by atoms with E-state index in [2.05, 4.69) is 10.4 Å². The Bertz CT molecular complexity index is 862. The monoisotopic (exact) mass is 328 g/mol. The first-order valence-electron chi connectivity index (χ1n) is 6.88. The van der Waals surface area contributed by atoms with Crippen molar-refractivity contribution in [2.24, 2.45) is 0 Å². The van der Waals surface area contributed by atoms with Gasteiger partial charge >= 0.3 is 5.69 Å². The Morgan fingerprint density at radius 1 is 1.17 bits per heavy atom. The second kappa shape index (κ2) is 6.10. The SMILES string of the molecule is Cc1nn(-c2ccccc2)c(Nc2cccc(Cl)c2)c1[N+](=O)[O-]. The van der Waals surface area contributed by atoms with Gasteiger partial charge in [0.05, 0.1) is 10.6 Å². The van der Waals surface area contributed by atoms with Crippen LogP contribution in [0.3, 0.4) is 0 Å². The van der Waals surface area contributed by atoms with Gasteiger partial charge in [-0.3, -0.25) is 10.1 Å². The molecule has 0 amide bonds. The fraction of sp³-hybridized carbons (Fsp3) is 0.0625. The molecule has 1 aromatic heterocycles. The molecule has 2 aromatic carbocycles. The van der Waals surface area contributed by atoms with Crippen molar-refractivity contribution in [2.75, 3.05) is 5.32 Å². The van der Waals surface area contributed by atoms with Crippen molar-refractivity contribution in [1.29, 1.82) is 0 Å². The van der Waals surface area contributed by atoms with Crippen LogP contribution in [0.2, 0.25) is 5.02 Å². The third-order valence-corrected chi connectivity index (χ3v) is 3.53. The van der Waals surface area contributed by atoms with Crippen LogP contribution in [0.5, 0.6) is 0 Å². The quantitative estimate of drug-likeness (QED) is 0.566. The number of anilines is 2. The minimum Gasteiger partial charge on any atom is -0.334 e. The molecular formula is C16H13ClN4O2. The molecular weight excluding hydrogens is 316 g/mol. The molecule has 0 fully saturated rings. The van der Waals surface area contributed by atoms with E-state index in [1.165, 1.54) is 4.68 Å². The average molecular weight is 329 g/mol. The van der Waals surface area contributed by atoms with Crippen molar-refractivity contribution in [3.63, 3.8) is 0 Å². The predicted molar refractivity (Wildman–Crippen MR) is 89.7 cm³/mol. The van der Waals surface area contributed by atoms with Crippen molar-refractivity contribution in [1.82, 2.24) is 9.78 Å². The third-order valence-electron chi connectivity index (χ3n) is 3.30. The minimum absolute atomic E-state index is 0.0613. The molecule has 7 heteroatoms. The van der Waals surface area contributed by atoms with E-state index in [9.17, 15) is 10.1 Å². The van der Waals surface area contributed by atoms with E-state index in [1.54, 1.807) is 31.2 Å². The van der Waals surface area contributed by atoms with Gasteiger partial charge in [0, 0.05) is 10.7 Å². The summed E-state index contributed by atoms with van der Waals surface area (Å²) in [4.78, 5) is 11.0. The molecule has 0 radical (unpaired) electrons. The van der Waals surface area contributed by atoms with Crippen molar-refractivity contribution in [3.8, 4) is 5.69 Å². The van der Waals surface area contributed by atoms with E-state index in [-0.39, 0.29) is 5.69 Å². The number of hydrogen-bond donors (Lipinski definition) is 1. The molecule has 0 aliphatic rings. The van der Waals surface area contributed by atoms with Crippen LogP contribution >= 0.6 is 11.6 Å². The van der Waals surface area contributed by atoms with Gasteiger partial charge in [0.25, 0.3) is 0 Å². The first kappa shape index (κ1) is 15.1. The molecule has 3 rings (SSSR count). The Labute approximate surface area is 137 Å². The maximum absolute atomic E-state index is 11.4. The number of nitrogens with one attached hydrogen (secondary N) is 1. The van der Waals surface area contributed by atoms with Crippen LogP contribution in [0, 0.1) is 17.0 Å². The molecule has 0 aliphatic heterocycles. The number of rotatable bonds is 4. The van der Waals surface area contributed by atoms with Crippen LogP contribution in [-0.4, -0.2) is 14.7 Å². The summed E-state index contributed by atoms with van der Waals surface area (Å²) < 4.78 is 1.52. The standard InChI is InChI=1S/C16H13ClN4O2/c1-11-15(21(22)23)16(18-13-7-5-6-12(17)10-13)20(19-11)14-8-3-2-4-9-14/h2-10,18H,1H3. The highest BCUT2D eigenvalue weighted by atomic mass is 35.5. The van der Waals surface area contributed by atoms with E-state index in [4.69, 9.17) is 11.6 Å². The molecule has 0 saturated heterocycles. The first-order valence-corrected chi connectivity index (χ1v) is 7.26. The average Bonchev–Trinajstić information content (AvgIpc) is 2.84. The van der Waals surface area contributed by atoms with Crippen LogP contribution in [0.1, 0.15) is 5.69 Å². The van der Waals surface area contributed by atoms with Gasteiger partial charge in [0.15, 0.2) is 0 Å². The molecule has 23 heavy (non-hydrogen) atoms. The Morgan fingerprint density at radius 2 is 1.91 bits per heavy atom. The molecule has 0 saturated carbocycles. The zero-order valence-electron chi connectivity index (χ0n) is 12.2. The summed E-state index contributed by atoms with van der Waals surface area (Å²) in [5.74, 6) is 0.293. The Morgan fingerprint density at radius 3 is 2.57 bits per heavy atom. The van der Waals surface area contributed by atoms with Crippen LogP contribution in [0.4, 0.5) is 17.2 Å². The number of nitrogens with zero attached hydrogens (tertiary/aromatic N) is 3. The number of halogens is 1. The number of para-hydroxylation sites is 1. The fourth-order valence-corrected chi connectivity index (χ4v) is 2.50. The number of aryl methyl sites for hydroxylation is 1. The number of benzene rings is 2. The second-order valence-corrected chi connectivity index (χ2v) is 5.36. The van der Waals surface area contributed by atoms with Gasteiger partial charge in [-0.1, -0.05) is 35.9 Å². The van der Waals surface area contributed by atoms with E-state index in [0.29, 0.717) is 22.2 Å². The summed E-state index contributed by atoms with van der Waals surface area (Å²) in [5, 5.41) is 19.3. The van der Waals surface area contributed by atoms with Gasteiger partial charge in [-0.05, 0) is 37.3 Å². The van der Waals surface area contributed by atoms with Crippen molar-refractivity contribution in [3.05, 3.63) is 75.4 Å². The zero-order valence-corrected chi connectivity index (χ0v) is 13.0. The number of nitro groups is 1. The number of aromatic nitrogens is 2. The highest BCUT2D eigenvalue weighted by Gasteiger charge is 2.26. The van der Waals surface area contributed by atoms with Crippen LogP contribution < -0.4 is 5.32 Å². The van der Waals surface area contributed by atoms with E-state index in [0.717, 1.165) is 5.69 Å². The van der Waals surface area contributed by atoms with Gasteiger partial charge < -0.3 is 5.32 Å². The largest absolute Gasteiger partial charge is 0.334 e. The first-order chi connectivity index (χ1) is 11.1. The minimum atomic E-state index is -0.436. The van der Waals surface area contributed by atoms with E-state index >= 15 is 0 Å². The summed E-state index contributed by atoms with van der Waals surface area (Å²) >= 11 is 5.98. The maximum Gasteiger partial charge on any atom is 0.334 e. The maximum atomic E-state index is 11.4. The lowest BCUT2D eigenvalue weighted by atomic mass is 10.3. The lowest BCUT2D eigenvalue weighted by Gasteiger charge is -2.09. The summed E-state index contributed by atoms with van der Waals surface area (Å²) in [6.45, 7) is 1.61. The van der Waals surface area contributed by atoms with Gasteiger partial charge in [-0.15, -0.1) is 0 Å². The van der Waals surface area contributed by atoms with Gasteiger partial charge in [0.1, 0.15) is 5.69 Å². The molecule has 1 heterocycles. The normalized spacial score (nSPS) is 10.5. The van der Waals surface area contributed by atoms with E-state index < -0.39 is 4.92 Å². The van der Waals surface area contributed by atoms with E-state index in [1.807, 2.05) is 30.3 Å². The third kappa shape index (κ3) is 3.02. The zero-order chi connectivity index (χ0) is 16.4. The topological polar surface area (TPSA) is 73.0 Å². The molecule has 0 atom stereocenters. The Kier molecular flexibility index (Phi) is 3.99. The predicted octanol–water partition coefficient (Wildman–Crippen LogP) is 4.49. The number of hydrogen-bond acceptors (Lipinski definition) is 4. The molecule has 0 aliphatic carbocycles. The van der Waals surface area contributed by atoms with Gasteiger partial charge in [-0.25, -0.2) is 4.68 Å². The molecule has 3 aromatic rings. The molecule has 0 bridgehead atoms. The smallest absolute Gasteiger partial charge is 0.334 e. The van der Waals surface area contributed by atoms with Crippen LogP contribution in [0.15, 0.2) is 54.6 Å². The second-order valence-electron chi connectivity index (χ2n) is 4.92. The summed E-state index contributed by atoms with van der Waals surface area (Å²) in [6.07, 6.45) is 0. The summed E-state index contributed by atoms with van der Waals surface area (Å²) in [5.41, 5.74) is 1.66. The summed E-state index contributed by atoms with van der Waals surface area (Å²) in [7, 11) is 0. The summed E-state index contributed by atoms with van der Waals surface area (Å²) in [6, 6.07) is 16.2. The van der Waals surface area contributed by atoms with Crippen LogP contribution in [0.25, 0.3) is 5.69 Å². The lowest BCUT2D eigenvalue weighted by Crippen LogP contribution is -2.04.